The minimum atomic E-state index is -2.44. The fraction of sp³-hybridized carbons (Fsp3) is 0.577. The highest BCUT2D eigenvalue weighted by Gasteiger charge is 2.44. The number of nitrogens with one attached hydrogen (secondary N) is 1. The van der Waals surface area contributed by atoms with E-state index < -0.39 is 9.71 Å². The van der Waals surface area contributed by atoms with Crippen molar-refractivity contribution < 1.29 is 9.00 Å². The SMILES string of the molecule is C=S(C)(=O)Nc1ccn(C(=O)N2CCC3(CCCN3Cc3cccc(N4CCCCC4)c3Cl)CC2)n1. The number of nitrogens with zero attached hydrogens (tertiary/aromatic N) is 5. The van der Waals surface area contributed by atoms with Crippen LogP contribution in [0, 0.1) is 0 Å². The van der Waals surface area contributed by atoms with E-state index in [1.54, 1.807) is 12.3 Å². The fourth-order valence-electron chi connectivity index (χ4n) is 6.05. The Balaban J connectivity index is 1.24. The van der Waals surface area contributed by atoms with Gasteiger partial charge in [-0.2, -0.15) is 4.68 Å². The van der Waals surface area contributed by atoms with Crippen LogP contribution in [0.2, 0.25) is 5.02 Å². The predicted octanol–water partition coefficient (Wildman–Crippen LogP) is 4.30. The maximum atomic E-state index is 13.1. The number of hydrogen-bond acceptors (Lipinski definition) is 5. The Kier molecular flexibility index (Phi) is 7.25. The molecule has 3 saturated heterocycles. The van der Waals surface area contributed by atoms with Crippen LogP contribution in [0.4, 0.5) is 16.3 Å². The number of carbonyl (C=O) groups excluding carboxylic acids is 1. The molecule has 1 aromatic heterocycles. The van der Waals surface area contributed by atoms with Crippen molar-refractivity contribution in [1.29, 1.82) is 0 Å². The molecule has 8 nitrogen and oxygen atoms in total. The van der Waals surface area contributed by atoms with Gasteiger partial charge in [0.2, 0.25) is 0 Å². The normalized spacial score (nSPS) is 22.1. The van der Waals surface area contributed by atoms with Crippen molar-refractivity contribution in [2.75, 3.05) is 48.6 Å². The zero-order valence-electron chi connectivity index (χ0n) is 21.1. The third kappa shape index (κ3) is 5.38. The van der Waals surface area contributed by atoms with E-state index in [1.807, 2.05) is 4.90 Å². The highest BCUT2D eigenvalue weighted by Crippen LogP contribution is 2.41. The highest BCUT2D eigenvalue weighted by atomic mass is 35.5. The van der Waals surface area contributed by atoms with Gasteiger partial charge in [0.25, 0.3) is 0 Å². The van der Waals surface area contributed by atoms with E-state index in [0.717, 1.165) is 50.5 Å². The van der Waals surface area contributed by atoms with Crippen LogP contribution in [0.25, 0.3) is 0 Å². The van der Waals surface area contributed by atoms with Crippen LogP contribution in [0.1, 0.15) is 50.5 Å². The molecule has 1 aromatic carbocycles. The van der Waals surface area contributed by atoms with Crippen molar-refractivity contribution in [3.8, 4) is 0 Å². The Morgan fingerprint density at radius 2 is 1.83 bits per heavy atom. The molecule has 3 aliphatic rings. The van der Waals surface area contributed by atoms with Gasteiger partial charge in [-0.15, -0.1) is 5.10 Å². The first kappa shape index (κ1) is 25.4. The van der Waals surface area contributed by atoms with Crippen LogP contribution < -0.4 is 9.62 Å². The Bertz CT molecular complexity index is 1200. The molecule has 0 aliphatic carbocycles. The summed E-state index contributed by atoms with van der Waals surface area (Å²) in [6.07, 6.45) is 11.1. The lowest BCUT2D eigenvalue weighted by atomic mass is 9.84. The molecule has 1 atom stereocenters. The van der Waals surface area contributed by atoms with Gasteiger partial charge in [-0.1, -0.05) is 23.7 Å². The minimum Gasteiger partial charge on any atom is -0.370 e. The fourth-order valence-corrected chi connectivity index (χ4v) is 6.90. The van der Waals surface area contributed by atoms with Gasteiger partial charge in [0.15, 0.2) is 5.82 Å². The Morgan fingerprint density at radius 3 is 2.56 bits per heavy atom. The molecule has 10 heteroatoms. The van der Waals surface area contributed by atoms with E-state index in [9.17, 15) is 9.00 Å². The number of carbonyl (C=O) groups is 1. The maximum Gasteiger partial charge on any atom is 0.344 e. The quantitative estimate of drug-likeness (QED) is 0.581. The van der Waals surface area contributed by atoms with E-state index in [1.165, 1.54) is 47.9 Å². The Morgan fingerprint density at radius 1 is 1.08 bits per heavy atom. The van der Waals surface area contributed by atoms with Crippen LogP contribution in [0.15, 0.2) is 30.5 Å². The second kappa shape index (κ2) is 10.3. The third-order valence-electron chi connectivity index (χ3n) is 7.93. The topological polar surface area (TPSA) is 73.7 Å². The average molecular weight is 533 g/mol. The molecule has 5 rings (SSSR count). The van der Waals surface area contributed by atoms with E-state index in [4.69, 9.17) is 11.6 Å². The van der Waals surface area contributed by atoms with Gasteiger partial charge in [0.1, 0.15) is 0 Å². The molecule has 1 amide bonds. The molecule has 3 fully saturated rings. The van der Waals surface area contributed by atoms with Gasteiger partial charge in [0.05, 0.1) is 10.7 Å². The monoisotopic (exact) mass is 532 g/mol. The molecule has 0 radical (unpaired) electrons. The molecule has 1 unspecified atom stereocenters. The van der Waals surface area contributed by atoms with Gasteiger partial charge >= 0.3 is 6.03 Å². The highest BCUT2D eigenvalue weighted by molar-refractivity contribution is 8.00. The molecule has 36 heavy (non-hydrogen) atoms. The van der Waals surface area contributed by atoms with E-state index in [2.05, 4.69) is 43.7 Å². The average Bonchev–Trinajstić information content (AvgIpc) is 3.47. The van der Waals surface area contributed by atoms with Crippen LogP contribution >= 0.6 is 11.6 Å². The van der Waals surface area contributed by atoms with Crippen molar-refractivity contribution in [2.45, 2.75) is 57.0 Å². The molecule has 1 N–H and O–H groups in total. The van der Waals surface area contributed by atoms with Crippen molar-refractivity contribution >= 4 is 44.7 Å². The minimum absolute atomic E-state index is 0.111. The van der Waals surface area contributed by atoms with Crippen LogP contribution in [-0.4, -0.2) is 80.2 Å². The second-order valence-corrected chi connectivity index (χ2v) is 13.2. The number of rotatable bonds is 5. The van der Waals surface area contributed by atoms with Crippen LogP contribution in [0.5, 0.6) is 0 Å². The number of likely N-dealkylation sites (tertiary alicyclic amines) is 2. The van der Waals surface area contributed by atoms with Crippen molar-refractivity contribution in [2.24, 2.45) is 0 Å². The molecule has 2 aromatic rings. The molecule has 0 saturated carbocycles. The van der Waals surface area contributed by atoms with Crippen LogP contribution in [0.3, 0.4) is 0 Å². The van der Waals surface area contributed by atoms with E-state index >= 15 is 0 Å². The lowest BCUT2D eigenvalue weighted by Crippen LogP contribution is -2.53. The molecule has 1 spiro atoms. The Labute approximate surface area is 219 Å². The number of hydrogen-bond donors (Lipinski definition) is 1. The zero-order valence-corrected chi connectivity index (χ0v) is 22.7. The second-order valence-electron chi connectivity index (χ2n) is 10.6. The summed E-state index contributed by atoms with van der Waals surface area (Å²) in [4.78, 5) is 20.0. The van der Waals surface area contributed by atoms with Gasteiger partial charge in [-0.05, 0) is 69.0 Å². The summed E-state index contributed by atoms with van der Waals surface area (Å²) in [5, 5.41) is 5.15. The summed E-state index contributed by atoms with van der Waals surface area (Å²) in [5.41, 5.74) is 2.49. The molecule has 0 bridgehead atoms. The first-order valence-electron chi connectivity index (χ1n) is 13.0. The van der Waals surface area contributed by atoms with Crippen molar-refractivity contribution in [3.05, 3.63) is 41.0 Å². The molecular weight excluding hydrogens is 496 g/mol. The number of anilines is 2. The number of piperidine rings is 2. The lowest BCUT2D eigenvalue weighted by Gasteiger charge is -2.45. The first-order valence-corrected chi connectivity index (χ1v) is 15.5. The molecule has 196 valence electrons. The van der Waals surface area contributed by atoms with E-state index in [0.29, 0.717) is 18.9 Å². The third-order valence-corrected chi connectivity index (χ3v) is 9.00. The molecule has 4 heterocycles. The van der Waals surface area contributed by atoms with Crippen molar-refractivity contribution in [1.82, 2.24) is 19.6 Å². The Hall–Kier alpha value is -2.23. The summed E-state index contributed by atoms with van der Waals surface area (Å²) in [6, 6.07) is 7.98. The largest absolute Gasteiger partial charge is 0.370 e. The summed E-state index contributed by atoms with van der Waals surface area (Å²) in [6.45, 7) is 5.47. The number of halogens is 1. The number of benzene rings is 1. The predicted molar refractivity (Wildman–Crippen MR) is 149 cm³/mol. The summed E-state index contributed by atoms with van der Waals surface area (Å²) >= 11 is 6.96. The van der Waals surface area contributed by atoms with Gasteiger partial charge in [-0.25, -0.2) is 9.00 Å². The zero-order chi connectivity index (χ0) is 25.3. The molecule has 3 aliphatic heterocycles. The summed E-state index contributed by atoms with van der Waals surface area (Å²) < 4.78 is 16.0. The lowest BCUT2D eigenvalue weighted by molar-refractivity contribution is 0.0585. The van der Waals surface area contributed by atoms with Gasteiger partial charge < -0.3 is 9.80 Å². The summed E-state index contributed by atoms with van der Waals surface area (Å²) in [5.74, 6) is 3.97. The van der Waals surface area contributed by atoms with E-state index in [-0.39, 0.29) is 11.6 Å². The number of amides is 1. The molecular formula is C26H37ClN6O2S. The number of aromatic nitrogens is 2. The standard InChI is InChI=1S/C26H37ClN6O2S/c1-36(2,35)29-23-10-17-33(28-23)25(34)31-18-12-26(13-19-31)11-7-16-32(26)20-21-8-6-9-22(24(21)27)30-14-4-3-5-15-30/h6,8-10,17H,1,3-5,7,11-16,18-20H2,2H3,(H,28,29,35). The summed E-state index contributed by atoms with van der Waals surface area (Å²) in [7, 11) is -2.44. The smallest absolute Gasteiger partial charge is 0.344 e. The van der Waals surface area contributed by atoms with Crippen LogP contribution in [-0.2, 0) is 16.3 Å². The van der Waals surface area contributed by atoms with Gasteiger partial charge in [0, 0.05) is 66.5 Å². The van der Waals surface area contributed by atoms with Crippen molar-refractivity contribution in [3.63, 3.8) is 0 Å². The first-order chi connectivity index (χ1) is 17.2. The van der Waals surface area contributed by atoms with Gasteiger partial charge in [-0.3, -0.25) is 9.62 Å². The maximum absolute atomic E-state index is 13.1.